The van der Waals surface area contributed by atoms with E-state index in [1.54, 1.807) is 12.1 Å². The van der Waals surface area contributed by atoms with Crippen molar-refractivity contribution in [3.63, 3.8) is 0 Å². The first kappa shape index (κ1) is 10.3. The molecule has 0 saturated carbocycles. The first-order chi connectivity index (χ1) is 6.22. The summed E-state index contributed by atoms with van der Waals surface area (Å²) in [5, 5.41) is 0.706. The van der Waals surface area contributed by atoms with Crippen molar-refractivity contribution < 1.29 is 4.74 Å². The van der Waals surface area contributed by atoms with Gasteiger partial charge in [-0.25, -0.2) is 0 Å². The predicted molar refractivity (Wildman–Crippen MR) is 53.7 cm³/mol. The summed E-state index contributed by atoms with van der Waals surface area (Å²) in [7, 11) is 0. The number of nitrogens with two attached hydrogens (primary N) is 1. The summed E-state index contributed by atoms with van der Waals surface area (Å²) < 4.78 is 5.41. The van der Waals surface area contributed by atoms with Gasteiger partial charge in [-0.15, -0.1) is 0 Å². The zero-order valence-electron chi connectivity index (χ0n) is 7.46. The molecule has 1 rings (SSSR count). The highest BCUT2D eigenvalue weighted by Gasteiger charge is 1.99. The average molecular weight is 201 g/mol. The standard InChI is InChI=1S/C9H13ClN2O/c1-7(12-11)6-13-9-4-2-8(10)3-5-9/h2-5,7,12H,6,11H2,1H3. The van der Waals surface area contributed by atoms with E-state index in [2.05, 4.69) is 5.43 Å². The molecular weight excluding hydrogens is 188 g/mol. The van der Waals surface area contributed by atoms with Crippen LogP contribution < -0.4 is 16.0 Å². The lowest BCUT2D eigenvalue weighted by molar-refractivity contribution is 0.275. The average Bonchev–Trinajstić information content (AvgIpc) is 2.16. The van der Waals surface area contributed by atoms with Gasteiger partial charge in [-0.05, 0) is 31.2 Å². The van der Waals surface area contributed by atoms with E-state index in [4.69, 9.17) is 22.2 Å². The molecule has 0 saturated heterocycles. The summed E-state index contributed by atoms with van der Waals surface area (Å²) in [4.78, 5) is 0. The molecule has 0 aromatic heterocycles. The molecule has 0 aliphatic heterocycles. The van der Waals surface area contributed by atoms with Crippen molar-refractivity contribution in [2.24, 2.45) is 5.84 Å². The lowest BCUT2D eigenvalue weighted by Crippen LogP contribution is -2.36. The number of rotatable bonds is 4. The highest BCUT2D eigenvalue weighted by molar-refractivity contribution is 6.30. The summed E-state index contributed by atoms with van der Waals surface area (Å²) in [5.41, 5.74) is 2.60. The van der Waals surface area contributed by atoms with Crippen LogP contribution in [0.2, 0.25) is 5.02 Å². The monoisotopic (exact) mass is 200 g/mol. The van der Waals surface area contributed by atoms with Crippen LogP contribution in [0.5, 0.6) is 5.75 Å². The van der Waals surface area contributed by atoms with Gasteiger partial charge < -0.3 is 4.74 Å². The minimum absolute atomic E-state index is 0.135. The fourth-order valence-corrected chi connectivity index (χ4v) is 0.926. The Kier molecular flexibility index (Phi) is 4.02. The van der Waals surface area contributed by atoms with Crippen LogP contribution in [0, 0.1) is 0 Å². The summed E-state index contributed by atoms with van der Waals surface area (Å²) in [5.74, 6) is 6.01. The van der Waals surface area contributed by atoms with E-state index in [0.29, 0.717) is 11.6 Å². The zero-order chi connectivity index (χ0) is 9.68. The van der Waals surface area contributed by atoms with Crippen LogP contribution >= 0.6 is 11.6 Å². The summed E-state index contributed by atoms with van der Waals surface area (Å²) >= 11 is 5.71. The Morgan fingerprint density at radius 1 is 1.46 bits per heavy atom. The van der Waals surface area contributed by atoms with E-state index >= 15 is 0 Å². The van der Waals surface area contributed by atoms with E-state index in [9.17, 15) is 0 Å². The van der Waals surface area contributed by atoms with Gasteiger partial charge in [0.15, 0.2) is 0 Å². The van der Waals surface area contributed by atoms with Gasteiger partial charge in [0.1, 0.15) is 12.4 Å². The number of hydrogen-bond donors (Lipinski definition) is 2. The Labute approximate surface area is 82.8 Å². The molecule has 4 heteroatoms. The third-order valence-corrected chi connectivity index (χ3v) is 1.85. The van der Waals surface area contributed by atoms with Gasteiger partial charge >= 0.3 is 0 Å². The van der Waals surface area contributed by atoms with E-state index in [0.717, 1.165) is 5.75 Å². The molecule has 3 nitrogen and oxygen atoms in total. The number of nitrogens with one attached hydrogen (secondary N) is 1. The van der Waals surface area contributed by atoms with Crippen molar-refractivity contribution in [3.8, 4) is 5.75 Å². The van der Waals surface area contributed by atoms with Crippen molar-refractivity contribution in [2.45, 2.75) is 13.0 Å². The van der Waals surface area contributed by atoms with Crippen LogP contribution in [0.4, 0.5) is 0 Å². The zero-order valence-corrected chi connectivity index (χ0v) is 8.21. The maximum absolute atomic E-state index is 5.71. The summed E-state index contributed by atoms with van der Waals surface area (Å²) in [6.45, 7) is 2.48. The molecule has 0 bridgehead atoms. The van der Waals surface area contributed by atoms with Crippen molar-refractivity contribution in [2.75, 3.05) is 6.61 Å². The Morgan fingerprint density at radius 3 is 2.62 bits per heavy atom. The first-order valence-corrected chi connectivity index (χ1v) is 4.44. The molecule has 0 aliphatic rings. The molecule has 1 aromatic rings. The third kappa shape index (κ3) is 3.63. The van der Waals surface area contributed by atoms with Crippen LogP contribution in [-0.4, -0.2) is 12.6 Å². The molecule has 72 valence electrons. The molecule has 13 heavy (non-hydrogen) atoms. The van der Waals surface area contributed by atoms with Crippen molar-refractivity contribution in [3.05, 3.63) is 29.3 Å². The van der Waals surface area contributed by atoms with Gasteiger partial charge in [0, 0.05) is 5.02 Å². The molecular formula is C9H13ClN2O. The van der Waals surface area contributed by atoms with E-state index in [-0.39, 0.29) is 6.04 Å². The first-order valence-electron chi connectivity index (χ1n) is 4.07. The van der Waals surface area contributed by atoms with E-state index in [1.807, 2.05) is 19.1 Å². The number of hydrogen-bond acceptors (Lipinski definition) is 3. The van der Waals surface area contributed by atoms with E-state index < -0.39 is 0 Å². The van der Waals surface area contributed by atoms with Gasteiger partial charge in [-0.1, -0.05) is 11.6 Å². The lowest BCUT2D eigenvalue weighted by atomic mass is 10.3. The predicted octanol–water partition coefficient (Wildman–Crippen LogP) is 1.57. The van der Waals surface area contributed by atoms with Crippen LogP contribution in [-0.2, 0) is 0 Å². The second kappa shape index (κ2) is 5.07. The minimum Gasteiger partial charge on any atom is -0.492 e. The van der Waals surface area contributed by atoms with Crippen molar-refractivity contribution in [1.82, 2.24) is 5.43 Å². The highest BCUT2D eigenvalue weighted by Crippen LogP contribution is 2.15. The topological polar surface area (TPSA) is 47.3 Å². The van der Waals surface area contributed by atoms with Gasteiger partial charge in [0.05, 0.1) is 6.04 Å². The SMILES string of the molecule is CC(COc1ccc(Cl)cc1)NN. The molecule has 0 aliphatic carbocycles. The number of hydrazine groups is 1. The summed E-state index contributed by atoms with van der Waals surface area (Å²) in [6, 6.07) is 7.36. The maximum atomic E-state index is 5.71. The van der Waals surface area contributed by atoms with Gasteiger partial charge in [-0.3, -0.25) is 11.3 Å². The molecule has 0 amide bonds. The van der Waals surface area contributed by atoms with Crippen molar-refractivity contribution in [1.29, 1.82) is 0 Å². The highest BCUT2D eigenvalue weighted by atomic mass is 35.5. The second-order valence-electron chi connectivity index (χ2n) is 2.83. The quantitative estimate of drug-likeness (QED) is 0.573. The fourth-order valence-electron chi connectivity index (χ4n) is 0.800. The second-order valence-corrected chi connectivity index (χ2v) is 3.27. The van der Waals surface area contributed by atoms with Gasteiger partial charge in [0.2, 0.25) is 0 Å². The fraction of sp³-hybridized carbons (Fsp3) is 0.333. The normalized spacial score (nSPS) is 12.5. The van der Waals surface area contributed by atoms with Crippen LogP contribution in [0.25, 0.3) is 0 Å². The molecule has 0 radical (unpaired) electrons. The Balaban J connectivity index is 2.41. The number of ether oxygens (including phenoxy) is 1. The molecule has 1 atom stereocenters. The maximum Gasteiger partial charge on any atom is 0.119 e. The molecule has 1 unspecified atom stereocenters. The molecule has 0 fully saturated rings. The Morgan fingerprint density at radius 2 is 2.08 bits per heavy atom. The van der Waals surface area contributed by atoms with Gasteiger partial charge in [0.25, 0.3) is 0 Å². The lowest BCUT2D eigenvalue weighted by Gasteiger charge is -2.11. The number of benzene rings is 1. The molecule has 0 spiro atoms. The van der Waals surface area contributed by atoms with Crippen LogP contribution in [0.3, 0.4) is 0 Å². The molecule has 3 N–H and O–H groups in total. The molecule has 0 heterocycles. The third-order valence-electron chi connectivity index (χ3n) is 1.60. The smallest absolute Gasteiger partial charge is 0.119 e. The Bertz CT molecular complexity index is 250. The van der Waals surface area contributed by atoms with Crippen LogP contribution in [0.1, 0.15) is 6.92 Å². The Hall–Kier alpha value is -0.770. The van der Waals surface area contributed by atoms with Crippen LogP contribution in [0.15, 0.2) is 24.3 Å². The van der Waals surface area contributed by atoms with Crippen molar-refractivity contribution >= 4 is 11.6 Å². The summed E-state index contributed by atoms with van der Waals surface area (Å²) in [6.07, 6.45) is 0. The largest absolute Gasteiger partial charge is 0.492 e. The van der Waals surface area contributed by atoms with E-state index in [1.165, 1.54) is 0 Å². The number of halogens is 1. The molecule has 1 aromatic carbocycles. The van der Waals surface area contributed by atoms with Gasteiger partial charge in [-0.2, -0.15) is 0 Å². The minimum atomic E-state index is 0.135.